The third kappa shape index (κ3) is 6.81. The average molecular weight is 505 g/mol. The van der Waals surface area contributed by atoms with E-state index in [2.05, 4.69) is 5.32 Å². The van der Waals surface area contributed by atoms with Crippen molar-refractivity contribution in [2.24, 2.45) is 5.92 Å². The number of carbonyl (C=O) groups excluding carboxylic acids is 2. The standard InChI is InChI=1S/C25H32N2O7S/c1-18(2)22(25(29)34-17-19-7-5-4-6-8-19)26-23(28)24(27-13-15-33-16-14-27)35(30,31)21-11-9-20(32-3)10-12-21/h4-12,18,22,24H,13-17H2,1-3H3,(H,26,28)/t22-,24?/m1/s1. The topological polar surface area (TPSA) is 111 Å². The van der Waals surface area contributed by atoms with E-state index >= 15 is 0 Å². The molecule has 2 aromatic carbocycles. The number of benzene rings is 2. The third-order valence-electron chi connectivity index (χ3n) is 5.73. The summed E-state index contributed by atoms with van der Waals surface area (Å²) in [5.74, 6) is -1.23. The third-order valence-corrected chi connectivity index (χ3v) is 7.76. The minimum atomic E-state index is -4.13. The summed E-state index contributed by atoms with van der Waals surface area (Å²) in [5, 5.41) is 1.12. The van der Waals surface area contributed by atoms with Gasteiger partial charge in [0.2, 0.25) is 9.84 Å². The van der Waals surface area contributed by atoms with Crippen LogP contribution in [-0.2, 0) is 35.5 Å². The number of carbonyl (C=O) groups is 2. The van der Waals surface area contributed by atoms with Gasteiger partial charge in [-0.3, -0.25) is 9.69 Å². The molecule has 0 aliphatic carbocycles. The van der Waals surface area contributed by atoms with Crippen molar-refractivity contribution in [1.82, 2.24) is 10.2 Å². The van der Waals surface area contributed by atoms with Gasteiger partial charge in [-0.05, 0) is 35.7 Å². The minimum absolute atomic E-state index is 0.0160. The number of methoxy groups -OCH3 is 1. The lowest BCUT2D eigenvalue weighted by molar-refractivity contribution is -0.150. The molecule has 0 spiro atoms. The van der Waals surface area contributed by atoms with Gasteiger partial charge in [-0.25, -0.2) is 13.2 Å². The molecule has 2 aromatic rings. The number of nitrogens with zero attached hydrogens (tertiary/aromatic N) is 1. The fraction of sp³-hybridized carbons (Fsp3) is 0.440. The Morgan fingerprint density at radius 1 is 1.03 bits per heavy atom. The van der Waals surface area contributed by atoms with Crippen molar-refractivity contribution in [1.29, 1.82) is 0 Å². The highest BCUT2D eigenvalue weighted by atomic mass is 32.2. The zero-order valence-electron chi connectivity index (χ0n) is 20.2. The highest BCUT2D eigenvalue weighted by molar-refractivity contribution is 7.92. The summed E-state index contributed by atoms with van der Waals surface area (Å²) in [5.41, 5.74) is 0.808. The van der Waals surface area contributed by atoms with Crippen LogP contribution in [0.4, 0.5) is 0 Å². The lowest BCUT2D eigenvalue weighted by atomic mass is 10.0. The highest BCUT2D eigenvalue weighted by Crippen LogP contribution is 2.23. The van der Waals surface area contributed by atoms with E-state index in [1.54, 1.807) is 18.7 Å². The molecule has 0 aromatic heterocycles. The molecule has 190 valence electrons. The molecule has 1 heterocycles. The molecule has 10 heteroatoms. The molecule has 0 saturated carbocycles. The van der Waals surface area contributed by atoms with E-state index in [-0.39, 0.29) is 30.5 Å². The molecule has 1 unspecified atom stereocenters. The predicted octanol–water partition coefficient (Wildman–Crippen LogP) is 2.01. The van der Waals surface area contributed by atoms with Crippen LogP contribution >= 0.6 is 0 Å². The van der Waals surface area contributed by atoms with Crippen LogP contribution in [0.2, 0.25) is 0 Å². The smallest absolute Gasteiger partial charge is 0.329 e. The number of amides is 1. The number of sulfone groups is 1. The first-order valence-corrected chi connectivity index (χ1v) is 13.0. The maximum Gasteiger partial charge on any atom is 0.329 e. The van der Waals surface area contributed by atoms with E-state index in [9.17, 15) is 18.0 Å². The maximum absolute atomic E-state index is 13.6. The first kappa shape index (κ1) is 26.7. The number of nitrogens with one attached hydrogen (secondary N) is 1. The fourth-order valence-corrected chi connectivity index (χ4v) is 5.48. The van der Waals surface area contributed by atoms with E-state index in [4.69, 9.17) is 14.2 Å². The van der Waals surface area contributed by atoms with Crippen LogP contribution in [0.15, 0.2) is 59.5 Å². The Morgan fingerprint density at radius 3 is 2.23 bits per heavy atom. The number of esters is 1. The molecule has 0 bridgehead atoms. The zero-order valence-corrected chi connectivity index (χ0v) is 21.0. The number of hydrogen-bond donors (Lipinski definition) is 1. The van der Waals surface area contributed by atoms with E-state index in [1.165, 1.54) is 31.4 Å². The summed E-state index contributed by atoms with van der Waals surface area (Å²) >= 11 is 0. The Bertz CT molecular complexity index is 1080. The second-order valence-electron chi connectivity index (χ2n) is 8.54. The molecular weight excluding hydrogens is 472 g/mol. The summed E-state index contributed by atoms with van der Waals surface area (Å²) < 4.78 is 43.1. The number of rotatable bonds is 10. The lowest BCUT2D eigenvalue weighted by Gasteiger charge is -2.34. The van der Waals surface area contributed by atoms with E-state index in [0.29, 0.717) is 19.0 Å². The quantitative estimate of drug-likeness (QED) is 0.489. The maximum atomic E-state index is 13.6. The fourth-order valence-electron chi connectivity index (χ4n) is 3.75. The first-order valence-electron chi connectivity index (χ1n) is 11.4. The van der Waals surface area contributed by atoms with E-state index in [1.807, 2.05) is 30.3 Å². The van der Waals surface area contributed by atoms with Gasteiger partial charge in [-0.15, -0.1) is 0 Å². The van der Waals surface area contributed by atoms with Crippen LogP contribution < -0.4 is 10.1 Å². The van der Waals surface area contributed by atoms with Crippen molar-refractivity contribution in [2.45, 2.75) is 36.8 Å². The van der Waals surface area contributed by atoms with Crippen molar-refractivity contribution in [3.05, 3.63) is 60.2 Å². The molecule has 9 nitrogen and oxygen atoms in total. The van der Waals surface area contributed by atoms with E-state index < -0.39 is 33.1 Å². The molecule has 35 heavy (non-hydrogen) atoms. The molecule has 2 atom stereocenters. The molecule has 1 aliphatic rings. The van der Waals surface area contributed by atoms with Gasteiger partial charge in [-0.1, -0.05) is 44.2 Å². The van der Waals surface area contributed by atoms with Crippen LogP contribution in [0.5, 0.6) is 5.75 Å². The molecule has 0 radical (unpaired) electrons. The van der Waals surface area contributed by atoms with Crippen LogP contribution in [-0.4, -0.2) is 70.0 Å². The van der Waals surface area contributed by atoms with Gasteiger partial charge in [0.25, 0.3) is 5.91 Å². The Kier molecular flexibility index (Phi) is 9.25. The summed E-state index contributed by atoms with van der Waals surface area (Å²) in [7, 11) is -2.64. The molecule has 1 amide bonds. The van der Waals surface area contributed by atoms with Crippen molar-refractivity contribution in [3.8, 4) is 5.75 Å². The Balaban J connectivity index is 1.83. The Labute approximate surface area is 206 Å². The van der Waals surface area contributed by atoms with Gasteiger partial charge < -0.3 is 19.5 Å². The number of morpholine rings is 1. The van der Waals surface area contributed by atoms with Gasteiger partial charge in [0.05, 0.1) is 25.2 Å². The molecule has 1 saturated heterocycles. The van der Waals surface area contributed by atoms with Gasteiger partial charge in [0, 0.05) is 13.1 Å². The Morgan fingerprint density at radius 2 is 1.66 bits per heavy atom. The van der Waals surface area contributed by atoms with Gasteiger partial charge in [0.15, 0.2) is 5.37 Å². The first-order chi connectivity index (χ1) is 16.7. The normalized spacial score (nSPS) is 16.3. The van der Waals surface area contributed by atoms with Gasteiger partial charge >= 0.3 is 5.97 Å². The Hall–Kier alpha value is -2.95. The molecule has 3 rings (SSSR count). The minimum Gasteiger partial charge on any atom is -0.497 e. The summed E-state index contributed by atoms with van der Waals surface area (Å²) in [4.78, 5) is 27.9. The highest BCUT2D eigenvalue weighted by Gasteiger charge is 2.41. The summed E-state index contributed by atoms with van der Waals surface area (Å²) in [6, 6.07) is 14.0. The average Bonchev–Trinajstić information content (AvgIpc) is 2.87. The van der Waals surface area contributed by atoms with Gasteiger partial charge in [0.1, 0.15) is 18.4 Å². The summed E-state index contributed by atoms with van der Waals surface area (Å²) in [6.07, 6.45) is 0. The van der Waals surface area contributed by atoms with Gasteiger partial charge in [-0.2, -0.15) is 0 Å². The molecular formula is C25H32N2O7S. The van der Waals surface area contributed by atoms with Crippen molar-refractivity contribution < 1.29 is 32.2 Å². The SMILES string of the molecule is COc1ccc(S(=O)(=O)C(C(=O)N[C@@H](C(=O)OCc2ccccc2)C(C)C)N2CCOCC2)cc1. The van der Waals surface area contributed by atoms with Crippen LogP contribution in [0.1, 0.15) is 19.4 Å². The monoisotopic (exact) mass is 504 g/mol. The van der Waals surface area contributed by atoms with Crippen LogP contribution in [0.3, 0.4) is 0 Å². The number of hydrogen-bond acceptors (Lipinski definition) is 8. The molecule has 1 aliphatic heterocycles. The molecule has 1 fully saturated rings. The second kappa shape index (κ2) is 12.1. The number of ether oxygens (including phenoxy) is 3. The second-order valence-corrected chi connectivity index (χ2v) is 10.6. The summed E-state index contributed by atoms with van der Waals surface area (Å²) in [6.45, 7) is 4.70. The van der Waals surface area contributed by atoms with Crippen LogP contribution in [0, 0.1) is 5.92 Å². The predicted molar refractivity (Wildman–Crippen MR) is 129 cm³/mol. The van der Waals surface area contributed by atoms with Crippen LogP contribution in [0.25, 0.3) is 0 Å². The van der Waals surface area contributed by atoms with E-state index in [0.717, 1.165) is 5.56 Å². The van der Waals surface area contributed by atoms with Crippen molar-refractivity contribution >= 4 is 21.7 Å². The molecule has 1 N–H and O–H groups in total. The lowest BCUT2D eigenvalue weighted by Crippen LogP contribution is -2.58. The largest absolute Gasteiger partial charge is 0.497 e. The van der Waals surface area contributed by atoms with Crippen molar-refractivity contribution in [3.63, 3.8) is 0 Å². The zero-order chi connectivity index (χ0) is 25.4. The van der Waals surface area contributed by atoms with Crippen molar-refractivity contribution in [2.75, 3.05) is 33.4 Å².